The normalized spacial score (nSPS) is 15.9. The summed E-state index contributed by atoms with van der Waals surface area (Å²) in [6.07, 6.45) is 0. The minimum absolute atomic E-state index is 0.0121. The van der Waals surface area contributed by atoms with Gasteiger partial charge in [0.05, 0.1) is 6.61 Å². The predicted octanol–water partition coefficient (Wildman–Crippen LogP) is 3.78. The molecule has 3 rings (SSSR count). The van der Waals surface area contributed by atoms with Crippen molar-refractivity contribution in [2.24, 2.45) is 0 Å². The highest BCUT2D eigenvalue weighted by atomic mass is 32.1. The Morgan fingerprint density at radius 2 is 2.11 bits per heavy atom. The fraction of sp³-hybridized carbons (Fsp3) is 0.267. The maximum atomic E-state index is 10.9. The van der Waals surface area contributed by atoms with Gasteiger partial charge in [-0.25, -0.2) is 4.79 Å². The minimum atomic E-state index is -0.874. The van der Waals surface area contributed by atoms with Crippen LogP contribution in [0.15, 0.2) is 30.3 Å². The Kier molecular flexibility index (Phi) is 2.64. The van der Waals surface area contributed by atoms with Gasteiger partial charge in [-0.05, 0) is 35.9 Å². The first-order valence-electron chi connectivity index (χ1n) is 6.08. The molecule has 0 aliphatic carbocycles. The number of hydrogen-bond acceptors (Lipinski definition) is 3. The Morgan fingerprint density at radius 1 is 1.32 bits per heavy atom. The molecule has 0 saturated heterocycles. The molecule has 2 heterocycles. The summed E-state index contributed by atoms with van der Waals surface area (Å²) in [6.45, 7) is 5.00. The van der Waals surface area contributed by atoms with E-state index >= 15 is 0 Å². The van der Waals surface area contributed by atoms with E-state index in [0.717, 1.165) is 16.2 Å². The van der Waals surface area contributed by atoms with Crippen molar-refractivity contribution >= 4 is 17.3 Å². The fourth-order valence-corrected chi connectivity index (χ4v) is 3.12. The van der Waals surface area contributed by atoms with Crippen molar-refractivity contribution in [1.82, 2.24) is 0 Å². The molecule has 0 bridgehead atoms. The van der Waals surface area contributed by atoms with Crippen LogP contribution < -0.4 is 4.74 Å². The number of thiophene rings is 1. The molecule has 0 fully saturated rings. The molecule has 1 N–H and O–H groups in total. The summed E-state index contributed by atoms with van der Waals surface area (Å²) >= 11 is 1.30. The number of carboxylic acids is 1. The highest BCUT2D eigenvalue weighted by molar-refractivity contribution is 7.17. The van der Waals surface area contributed by atoms with Crippen LogP contribution >= 0.6 is 11.3 Å². The van der Waals surface area contributed by atoms with E-state index in [1.54, 1.807) is 6.07 Å². The van der Waals surface area contributed by atoms with Crippen LogP contribution in [-0.2, 0) is 5.41 Å². The summed E-state index contributed by atoms with van der Waals surface area (Å²) in [6, 6.07) is 9.58. The van der Waals surface area contributed by atoms with E-state index < -0.39 is 5.97 Å². The third-order valence-corrected chi connectivity index (χ3v) is 4.52. The second-order valence-electron chi connectivity index (χ2n) is 5.35. The van der Waals surface area contributed by atoms with E-state index in [2.05, 4.69) is 19.9 Å². The van der Waals surface area contributed by atoms with Gasteiger partial charge in [0.2, 0.25) is 0 Å². The molecule has 0 unspecified atom stereocenters. The average Bonchev–Trinajstić information content (AvgIpc) is 2.95. The molecule has 0 spiro atoms. The van der Waals surface area contributed by atoms with E-state index in [1.165, 1.54) is 16.9 Å². The van der Waals surface area contributed by atoms with Crippen molar-refractivity contribution in [3.8, 4) is 16.2 Å². The lowest BCUT2D eigenvalue weighted by Crippen LogP contribution is -2.18. The van der Waals surface area contributed by atoms with Crippen molar-refractivity contribution in [1.29, 1.82) is 0 Å². The minimum Gasteiger partial charge on any atom is -0.492 e. The zero-order valence-electron chi connectivity index (χ0n) is 10.8. The molecule has 1 aromatic carbocycles. The van der Waals surface area contributed by atoms with Crippen LogP contribution in [0.4, 0.5) is 0 Å². The monoisotopic (exact) mass is 274 g/mol. The number of rotatable bonds is 2. The van der Waals surface area contributed by atoms with Crippen LogP contribution in [0.25, 0.3) is 10.4 Å². The smallest absolute Gasteiger partial charge is 0.345 e. The molecule has 4 heteroatoms. The Bertz CT molecular complexity index is 655. The summed E-state index contributed by atoms with van der Waals surface area (Å²) < 4.78 is 5.66. The lowest BCUT2D eigenvalue weighted by atomic mass is 9.86. The van der Waals surface area contributed by atoms with E-state index in [9.17, 15) is 4.79 Å². The molecule has 3 nitrogen and oxygen atoms in total. The van der Waals surface area contributed by atoms with E-state index in [-0.39, 0.29) is 5.41 Å². The number of benzene rings is 1. The summed E-state index contributed by atoms with van der Waals surface area (Å²) in [7, 11) is 0. The van der Waals surface area contributed by atoms with E-state index in [0.29, 0.717) is 11.5 Å². The van der Waals surface area contributed by atoms with Crippen molar-refractivity contribution < 1.29 is 14.6 Å². The van der Waals surface area contributed by atoms with Crippen molar-refractivity contribution in [3.05, 3.63) is 40.8 Å². The van der Waals surface area contributed by atoms with Gasteiger partial charge in [0.1, 0.15) is 10.6 Å². The van der Waals surface area contributed by atoms with E-state index in [1.807, 2.05) is 18.2 Å². The van der Waals surface area contributed by atoms with Gasteiger partial charge in [0.15, 0.2) is 0 Å². The van der Waals surface area contributed by atoms with Crippen LogP contribution in [0.5, 0.6) is 5.75 Å². The summed E-state index contributed by atoms with van der Waals surface area (Å²) in [5.74, 6) is 0.0600. The summed E-state index contributed by atoms with van der Waals surface area (Å²) in [5.41, 5.74) is 2.25. The van der Waals surface area contributed by atoms with Gasteiger partial charge < -0.3 is 9.84 Å². The van der Waals surface area contributed by atoms with Gasteiger partial charge in [-0.15, -0.1) is 11.3 Å². The first-order chi connectivity index (χ1) is 8.97. The maximum absolute atomic E-state index is 10.9. The molecule has 0 amide bonds. The molecule has 98 valence electrons. The van der Waals surface area contributed by atoms with Gasteiger partial charge >= 0.3 is 5.97 Å². The summed E-state index contributed by atoms with van der Waals surface area (Å²) in [4.78, 5) is 12.3. The second-order valence-corrected chi connectivity index (χ2v) is 6.44. The molecule has 0 radical (unpaired) electrons. The molecule has 0 saturated carbocycles. The Hall–Kier alpha value is -1.81. The molecule has 1 aliphatic rings. The second kappa shape index (κ2) is 4.10. The van der Waals surface area contributed by atoms with Gasteiger partial charge in [-0.3, -0.25) is 0 Å². The largest absolute Gasteiger partial charge is 0.492 e. The average molecular weight is 274 g/mol. The maximum Gasteiger partial charge on any atom is 0.345 e. The van der Waals surface area contributed by atoms with E-state index in [4.69, 9.17) is 9.84 Å². The molecular weight excluding hydrogens is 260 g/mol. The lowest BCUT2D eigenvalue weighted by molar-refractivity contribution is 0.0702. The number of carbonyl (C=O) groups is 1. The highest BCUT2D eigenvalue weighted by Crippen LogP contribution is 2.41. The van der Waals surface area contributed by atoms with Gasteiger partial charge in [-0.2, -0.15) is 0 Å². The Morgan fingerprint density at radius 3 is 2.79 bits per heavy atom. The quantitative estimate of drug-likeness (QED) is 0.906. The van der Waals surface area contributed by atoms with Crippen LogP contribution in [0.2, 0.25) is 0 Å². The van der Waals surface area contributed by atoms with Crippen molar-refractivity contribution in [2.75, 3.05) is 6.61 Å². The SMILES string of the molecule is CC1(C)COc2ccc(-c3ccc(C(=O)O)s3)cc21. The van der Waals surface area contributed by atoms with Crippen LogP contribution in [-0.4, -0.2) is 17.7 Å². The standard InChI is InChI=1S/C15H14O3S/c1-15(2)8-18-11-4-3-9(7-10(11)15)12-5-6-13(19-12)14(16)17/h3-7H,8H2,1-2H3,(H,16,17). The fourth-order valence-electron chi connectivity index (χ4n) is 2.28. The predicted molar refractivity (Wildman–Crippen MR) is 75.2 cm³/mol. The Labute approximate surface area is 115 Å². The van der Waals surface area contributed by atoms with Gasteiger partial charge in [-0.1, -0.05) is 13.8 Å². The topological polar surface area (TPSA) is 46.5 Å². The molecule has 1 aromatic heterocycles. The van der Waals surface area contributed by atoms with Crippen LogP contribution in [0.1, 0.15) is 29.1 Å². The highest BCUT2D eigenvalue weighted by Gasteiger charge is 2.31. The third kappa shape index (κ3) is 2.02. The molecule has 2 aromatic rings. The molecule has 19 heavy (non-hydrogen) atoms. The zero-order valence-corrected chi connectivity index (χ0v) is 11.6. The van der Waals surface area contributed by atoms with Crippen LogP contribution in [0.3, 0.4) is 0 Å². The number of ether oxygens (including phenoxy) is 1. The first kappa shape index (κ1) is 12.2. The van der Waals surface area contributed by atoms with Gasteiger partial charge in [0, 0.05) is 15.9 Å². The van der Waals surface area contributed by atoms with Gasteiger partial charge in [0.25, 0.3) is 0 Å². The van der Waals surface area contributed by atoms with Crippen LogP contribution in [0, 0.1) is 0 Å². The molecule has 1 aliphatic heterocycles. The third-order valence-electron chi connectivity index (χ3n) is 3.40. The lowest BCUT2D eigenvalue weighted by Gasteiger charge is -2.15. The number of fused-ring (bicyclic) bond motifs is 1. The number of aromatic carboxylic acids is 1. The Balaban J connectivity index is 2.05. The van der Waals surface area contributed by atoms with Crippen molar-refractivity contribution in [3.63, 3.8) is 0 Å². The number of carboxylic acid groups (broad SMARTS) is 1. The summed E-state index contributed by atoms with van der Waals surface area (Å²) in [5, 5.41) is 8.97. The molecule has 0 atom stereocenters. The first-order valence-corrected chi connectivity index (χ1v) is 6.90. The van der Waals surface area contributed by atoms with Crippen molar-refractivity contribution in [2.45, 2.75) is 19.3 Å². The molecular formula is C15H14O3S. The zero-order chi connectivity index (χ0) is 13.6. The number of hydrogen-bond donors (Lipinski definition) is 1.